The Labute approximate surface area is 80.5 Å². The van der Waals surface area contributed by atoms with Crippen molar-refractivity contribution in [1.29, 1.82) is 0 Å². The molecule has 5 heteroatoms. The third-order valence-electron chi connectivity index (χ3n) is 1.30. The van der Waals surface area contributed by atoms with Gasteiger partial charge in [0, 0.05) is 4.47 Å². The molecular weight excluding hydrogens is 256 g/mol. The van der Waals surface area contributed by atoms with E-state index in [0.29, 0.717) is 0 Å². The first-order valence-electron chi connectivity index (χ1n) is 2.95. The highest BCUT2D eigenvalue weighted by Gasteiger charge is 2.18. The van der Waals surface area contributed by atoms with Gasteiger partial charge in [-0.3, -0.25) is 0 Å². The van der Waals surface area contributed by atoms with Crippen LogP contribution in [0.15, 0.2) is 16.6 Å². The summed E-state index contributed by atoms with van der Waals surface area (Å²) in [4.78, 5) is 0. The molecule has 0 spiro atoms. The van der Waals surface area contributed by atoms with Crippen molar-refractivity contribution < 1.29 is 13.2 Å². The van der Waals surface area contributed by atoms with Crippen molar-refractivity contribution in [2.45, 2.75) is 6.43 Å². The number of halogens is 5. The maximum atomic E-state index is 12.6. The van der Waals surface area contributed by atoms with Crippen LogP contribution in [0.2, 0.25) is 5.02 Å². The van der Waals surface area contributed by atoms with Gasteiger partial charge in [-0.1, -0.05) is 27.5 Å². The Hall–Kier alpha value is -0.220. The van der Waals surface area contributed by atoms with E-state index < -0.39 is 22.8 Å². The topological polar surface area (TPSA) is 0 Å². The largest absolute Gasteiger partial charge is 0.266 e. The molecule has 0 saturated carbocycles. The summed E-state index contributed by atoms with van der Waals surface area (Å²) in [5, 5.41) is -0.528. The van der Waals surface area contributed by atoms with Crippen molar-refractivity contribution in [2.75, 3.05) is 0 Å². The standard InChI is InChI=1S/C7H3BrClF3/c8-3-1-2-4(10)6(9)5(3)7(11)12/h1-2,7H. The molecule has 0 saturated heterocycles. The molecule has 12 heavy (non-hydrogen) atoms. The minimum atomic E-state index is -2.78. The quantitative estimate of drug-likeness (QED) is 0.664. The first kappa shape index (κ1) is 9.86. The second kappa shape index (κ2) is 3.66. The van der Waals surface area contributed by atoms with Gasteiger partial charge in [0.15, 0.2) is 0 Å². The van der Waals surface area contributed by atoms with Gasteiger partial charge in [-0.05, 0) is 12.1 Å². The second-order valence-corrected chi connectivity index (χ2v) is 3.29. The Morgan fingerprint density at radius 3 is 2.33 bits per heavy atom. The van der Waals surface area contributed by atoms with E-state index in [4.69, 9.17) is 11.6 Å². The third-order valence-corrected chi connectivity index (χ3v) is 2.37. The molecule has 0 fully saturated rings. The molecule has 0 unspecified atom stereocenters. The van der Waals surface area contributed by atoms with Gasteiger partial charge in [0.2, 0.25) is 0 Å². The van der Waals surface area contributed by atoms with Gasteiger partial charge in [-0.2, -0.15) is 0 Å². The van der Waals surface area contributed by atoms with Gasteiger partial charge in [0.05, 0.1) is 10.6 Å². The summed E-state index contributed by atoms with van der Waals surface area (Å²) >= 11 is 8.16. The van der Waals surface area contributed by atoms with Crippen molar-refractivity contribution in [3.8, 4) is 0 Å². The predicted molar refractivity (Wildman–Crippen MR) is 44.1 cm³/mol. The lowest BCUT2D eigenvalue weighted by molar-refractivity contribution is 0.150. The fourth-order valence-corrected chi connectivity index (χ4v) is 1.61. The van der Waals surface area contributed by atoms with Crippen LogP contribution in [0.4, 0.5) is 13.2 Å². The molecule has 0 atom stereocenters. The molecule has 1 rings (SSSR count). The van der Waals surface area contributed by atoms with Crippen molar-refractivity contribution in [1.82, 2.24) is 0 Å². The second-order valence-electron chi connectivity index (χ2n) is 2.06. The minimum Gasteiger partial charge on any atom is -0.205 e. The normalized spacial score (nSPS) is 10.8. The van der Waals surface area contributed by atoms with E-state index in [1.165, 1.54) is 6.07 Å². The van der Waals surface area contributed by atoms with Crippen molar-refractivity contribution in [3.63, 3.8) is 0 Å². The maximum Gasteiger partial charge on any atom is 0.266 e. The average molecular weight is 259 g/mol. The first-order chi connectivity index (χ1) is 5.54. The lowest BCUT2D eigenvalue weighted by atomic mass is 10.2. The van der Waals surface area contributed by atoms with Gasteiger partial charge >= 0.3 is 0 Å². The minimum absolute atomic E-state index is 0.115. The molecule has 0 bridgehead atoms. The Kier molecular flexibility index (Phi) is 3.01. The highest BCUT2D eigenvalue weighted by Crippen LogP contribution is 2.34. The molecule has 66 valence electrons. The summed E-state index contributed by atoms with van der Waals surface area (Å²) in [5.74, 6) is -0.838. The van der Waals surface area contributed by atoms with Crippen LogP contribution in [-0.2, 0) is 0 Å². The first-order valence-corrected chi connectivity index (χ1v) is 4.12. The maximum absolute atomic E-state index is 12.6. The SMILES string of the molecule is Fc1ccc(Br)c(C(F)F)c1Cl. The molecule has 0 aliphatic heterocycles. The van der Waals surface area contributed by atoms with Gasteiger partial charge < -0.3 is 0 Å². The molecular formula is C7H3BrClF3. The molecule has 0 aromatic heterocycles. The van der Waals surface area contributed by atoms with Gasteiger partial charge in [-0.25, -0.2) is 13.2 Å². The molecule has 0 heterocycles. The average Bonchev–Trinajstić information content (AvgIpc) is 1.97. The fourth-order valence-electron chi connectivity index (χ4n) is 0.743. The Morgan fingerprint density at radius 2 is 1.92 bits per heavy atom. The van der Waals surface area contributed by atoms with Crippen LogP contribution in [0.25, 0.3) is 0 Å². The van der Waals surface area contributed by atoms with E-state index in [-0.39, 0.29) is 4.47 Å². The van der Waals surface area contributed by atoms with Crippen LogP contribution >= 0.6 is 27.5 Å². The fraction of sp³-hybridized carbons (Fsp3) is 0.143. The number of alkyl halides is 2. The monoisotopic (exact) mass is 258 g/mol. The summed E-state index contributed by atoms with van der Waals surface area (Å²) in [6, 6.07) is 2.22. The zero-order chi connectivity index (χ0) is 9.30. The van der Waals surface area contributed by atoms with E-state index in [0.717, 1.165) is 6.07 Å². The zero-order valence-electron chi connectivity index (χ0n) is 5.62. The van der Waals surface area contributed by atoms with Crippen LogP contribution in [-0.4, -0.2) is 0 Å². The lowest BCUT2D eigenvalue weighted by Gasteiger charge is -2.05. The van der Waals surface area contributed by atoms with E-state index >= 15 is 0 Å². The number of hydrogen-bond acceptors (Lipinski definition) is 0. The van der Waals surface area contributed by atoms with E-state index in [2.05, 4.69) is 15.9 Å². The highest BCUT2D eigenvalue weighted by molar-refractivity contribution is 9.10. The lowest BCUT2D eigenvalue weighted by Crippen LogP contribution is -1.90. The summed E-state index contributed by atoms with van der Waals surface area (Å²) in [6.45, 7) is 0. The van der Waals surface area contributed by atoms with Gasteiger partial charge in [-0.15, -0.1) is 0 Å². The van der Waals surface area contributed by atoms with Crippen LogP contribution in [0, 0.1) is 5.82 Å². The van der Waals surface area contributed by atoms with Crippen molar-refractivity contribution in [3.05, 3.63) is 33.0 Å². The molecule has 0 aliphatic carbocycles. The Balaban J connectivity index is 3.33. The Bertz CT molecular complexity index is 301. The van der Waals surface area contributed by atoms with Crippen LogP contribution in [0.5, 0.6) is 0 Å². The van der Waals surface area contributed by atoms with Gasteiger partial charge in [0.25, 0.3) is 6.43 Å². The smallest absolute Gasteiger partial charge is 0.205 e. The Morgan fingerprint density at radius 1 is 1.33 bits per heavy atom. The number of benzene rings is 1. The molecule has 0 aliphatic rings. The molecule has 1 aromatic rings. The molecule has 0 amide bonds. The summed E-state index contributed by atoms with van der Waals surface area (Å²) in [7, 11) is 0. The highest BCUT2D eigenvalue weighted by atomic mass is 79.9. The van der Waals surface area contributed by atoms with Crippen LogP contribution in [0.3, 0.4) is 0 Å². The summed E-state index contributed by atoms with van der Waals surface area (Å²) in [5.41, 5.74) is -0.503. The summed E-state index contributed by atoms with van der Waals surface area (Å²) in [6.07, 6.45) is -2.78. The van der Waals surface area contributed by atoms with E-state index in [1.807, 2.05) is 0 Å². The number of rotatable bonds is 1. The molecule has 0 radical (unpaired) electrons. The van der Waals surface area contributed by atoms with E-state index in [9.17, 15) is 13.2 Å². The van der Waals surface area contributed by atoms with Crippen LogP contribution < -0.4 is 0 Å². The zero-order valence-corrected chi connectivity index (χ0v) is 7.96. The number of hydrogen-bond donors (Lipinski definition) is 0. The molecule has 1 aromatic carbocycles. The third kappa shape index (κ3) is 1.75. The van der Waals surface area contributed by atoms with Gasteiger partial charge in [0.1, 0.15) is 5.82 Å². The van der Waals surface area contributed by atoms with Crippen molar-refractivity contribution >= 4 is 27.5 Å². The van der Waals surface area contributed by atoms with E-state index in [1.54, 1.807) is 0 Å². The summed E-state index contributed by atoms with van der Waals surface area (Å²) < 4.78 is 37.1. The predicted octanol–water partition coefficient (Wildman–Crippen LogP) is 4.18. The van der Waals surface area contributed by atoms with Crippen molar-refractivity contribution in [2.24, 2.45) is 0 Å². The molecule has 0 nitrogen and oxygen atoms in total. The molecule has 0 N–H and O–H groups in total. The van der Waals surface area contributed by atoms with Crippen LogP contribution in [0.1, 0.15) is 12.0 Å².